The Morgan fingerprint density at radius 1 is 0.938 bits per heavy atom. The molecule has 0 radical (unpaired) electrons. The molecule has 0 aliphatic carbocycles. The number of nitrogens with zero attached hydrogens (tertiary/aromatic N) is 4. The van der Waals surface area contributed by atoms with E-state index < -0.39 is 17.5 Å². The fourth-order valence-electron chi connectivity index (χ4n) is 5.37. The molecule has 6 rings (SSSR count). The van der Waals surface area contributed by atoms with Crippen LogP contribution in [0.1, 0.15) is 23.8 Å². The maximum absolute atomic E-state index is 15.3. The van der Waals surface area contributed by atoms with Gasteiger partial charge in [0.1, 0.15) is 11.6 Å². The maximum Gasteiger partial charge on any atom is 0.280 e. The first-order valence-electron chi connectivity index (χ1n) is 15.7. The summed E-state index contributed by atoms with van der Waals surface area (Å²) in [4.78, 5) is 20.0. The highest BCUT2D eigenvalue weighted by molar-refractivity contribution is 6.04. The summed E-state index contributed by atoms with van der Waals surface area (Å²) in [6, 6.07) is 14.9. The van der Waals surface area contributed by atoms with Crippen molar-refractivity contribution in [3.63, 3.8) is 0 Å². The summed E-state index contributed by atoms with van der Waals surface area (Å²) in [6.45, 7) is 7.62. The third-order valence-electron chi connectivity index (χ3n) is 7.77. The average Bonchev–Trinajstić information content (AvgIpc) is 3.52. The minimum atomic E-state index is -0.698. The van der Waals surface area contributed by atoms with Gasteiger partial charge in [0.05, 0.1) is 37.7 Å². The molecule has 0 unspecified atom stereocenters. The van der Waals surface area contributed by atoms with Gasteiger partial charge < -0.3 is 34.5 Å². The summed E-state index contributed by atoms with van der Waals surface area (Å²) in [5.74, 6) is -0.0894. The Kier molecular flexibility index (Phi) is 10.3. The van der Waals surface area contributed by atoms with Crippen LogP contribution in [0.2, 0.25) is 0 Å². The van der Waals surface area contributed by atoms with Gasteiger partial charge in [0, 0.05) is 62.1 Å². The van der Waals surface area contributed by atoms with Crippen molar-refractivity contribution >= 4 is 22.5 Å². The molecular formula is C35H36F2N6O5. The molecule has 1 amide bonds. The van der Waals surface area contributed by atoms with Crippen molar-refractivity contribution in [1.29, 1.82) is 0 Å². The Balaban J connectivity index is 1.14. The first-order chi connectivity index (χ1) is 23.4. The van der Waals surface area contributed by atoms with Crippen LogP contribution < -0.4 is 29.6 Å². The number of piperazine rings is 1. The smallest absolute Gasteiger partial charge is 0.280 e. The molecule has 1 saturated heterocycles. The van der Waals surface area contributed by atoms with Crippen LogP contribution in [0.25, 0.3) is 16.6 Å². The van der Waals surface area contributed by atoms with E-state index in [1.54, 1.807) is 38.4 Å². The van der Waals surface area contributed by atoms with Crippen molar-refractivity contribution in [2.75, 3.05) is 58.4 Å². The lowest BCUT2D eigenvalue weighted by molar-refractivity contribution is 0.101. The number of nitrogens with one attached hydrogen (secondary N) is 2. The van der Waals surface area contributed by atoms with Crippen LogP contribution in [0.5, 0.6) is 28.7 Å². The van der Waals surface area contributed by atoms with Crippen molar-refractivity contribution in [1.82, 2.24) is 25.0 Å². The van der Waals surface area contributed by atoms with Gasteiger partial charge in [-0.15, -0.1) is 0 Å². The zero-order valence-electron chi connectivity index (χ0n) is 26.7. The summed E-state index contributed by atoms with van der Waals surface area (Å²) in [7, 11) is 1.56. The van der Waals surface area contributed by atoms with Gasteiger partial charge >= 0.3 is 0 Å². The fraction of sp³-hybridized carbons (Fsp3) is 0.286. The summed E-state index contributed by atoms with van der Waals surface area (Å²) >= 11 is 0. The normalized spacial score (nSPS) is 13.3. The van der Waals surface area contributed by atoms with Crippen LogP contribution in [-0.4, -0.2) is 78.6 Å². The predicted molar refractivity (Wildman–Crippen MR) is 177 cm³/mol. The molecule has 1 aliphatic rings. The molecule has 0 atom stereocenters. The minimum absolute atomic E-state index is 0.0120. The SMILES string of the molecule is CCOc1cn(-c2ccc(F)cc2)nc1C(=O)Nc1ccc(Oc2ccnc3cc(OCCCN4CCNCC4)c(OC)cc23)c(F)c1. The highest BCUT2D eigenvalue weighted by Crippen LogP contribution is 2.38. The Hall–Kier alpha value is -5.27. The Morgan fingerprint density at radius 3 is 2.50 bits per heavy atom. The topological polar surface area (TPSA) is 112 Å². The van der Waals surface area contributed by atoms with Crippen LogP contribution in [0.4, 0.5) is 14.5 Å². The van der Waals surface area contributed by atoms with E-state index >= 15 is 4.39 Å². The van der Waals surface area contributed by atoms with Gasteiger partial charge in [0.2, 0.25) is 0 Å². The molecule has 2 aromatic heterocycles. The molecule has 11 nitrogen and oxygen atoms in total. The highest BCUT2D eigenvalue weighted by atomic mass is 19.1. The van der Waals surface area contributed by atoms with Gasteiger partial charge in [-0.05, 0) is 61.9 Å². The summed E-state index contributed by atoms with van der Waals surface area (Å²) in [5.41, 5.74) is 1.31. The van der Waals surface area contributed by atoms with E-state index in [9.17, 15) is 9.18 Å². The zero-order chi connectivity index (χ0) is 33.5. The second kappa shape index (κ2) is 15.1. The minimum Gasteiger partial charge on any atom is -0.493 e. The fourth-order valence-corrected chi connectivity index (χ4v) is 5.37. The number of fused-ring (bicyclic) bond motifs is 1. The van der Waals surface area contributed by atoms with Crippen molar-refractivity contribution in [3.05, 3.63) is 90.4 Å². The standard InChI is InChI=1S/C35H36F2N6O5/c1-3-46-33-22-43(25-8-5-23(36)6-9-25)41-34(33)35(44)40-24-7-10-30(27(37)19-24)48-29-11-12-39-28-21-32(31(45-2)20-26(28)29)47-18-4-15-42-16-13-38-14-17-42/h5-12,19-22,38H,3-4,13-18H2,1-2H3,(H,40,44). The molecule has 0 bridgehead atoms. The lowest BCUT2D eigenvalue weighted by Crippen LogP contribution is -2.43. The second-order valence-electron chi connectivity index (χ2n) is 11.0. The molecule has 13 heteroatoms. The molecular weight excluding hydrogens is 622 g/mol. The van der Waals surface area contributed by atoms with Gasteiger partial charge in [0.15, 0.2) is 34.5 Å². The molecule has 0 spiro atoms. The average molecular weight is 659 g/mol. The van der Waals surface area contributed by atoms with Gasteiger partial charge in [-0.3, -0.25) is 9.78 Å². The quantitative estimate of drug-likeness (QED) is 0.151. The molecule has 48 heavy (non-hydrogen) atoms. The van der Waals surface area contributed by atoms with E-state index in [1.807, 2.05) is 0 Å². The summed E-state index contributed by atoms with van der Waals surface area (Å²) < 4.78 is 53.4. The third-order valence-corrected chi connectivity index (χ3v) is 7.77. The molecule has 3 heterocycles. The van der Waals surface area contributed by atoms with Gasteiger partial charge in [-0.2, -0.15) is 5.10 Å². The van der Waals surface area contributed by atoms with Crippen LogP contribution in [0.3, 0.4) is 0 Å². The number of hydrogen-bond donors (Lipinski definition) is 2. The first kappa shape index (κ1) is 32.7. The van der Waals surface area contributed by atoms with Crippen LogP contribution in [-0.2, 0) is 0 Å². The van der Waals surface area contributed by atoms with E-state index in [0.717, 1.165) is 45.2 Å². The van der Waals surface area contributed by atoms with Gasteiger partial charge in [-0.25, -0.2) is 13.5 Å². The Bertz CT molecular complexity index is 1880. The predicted octanol–water partition coefficient (Wildman–Crippen LogP) is 5.82. The number of hydrogen-bond acceptors (Lipinski definition) is 9. The lowest BCUT2D eigenvalue weighted by Gasteiger charge is -2.27. The Labute approximate surface area is 276 Å². The van der Waals surface area contributed by atoms with Gasteiger partial charge in [-0.1, -0.05) is 0 Å². The number of carbonyl (C=O) groups excluding carboxylic acids is 1. The lowest BCUT2D eigenvalue weighted by atomic mass is 10.1. The van der Waals surface area contributed by atoms with Crippen LogP contribution in [0.15, 0.2) is 73.1 Å². The number of halogens is 2. The second-order valence-corrected chi connectivity index (χ2v) is 11.0. The van der Waals surface area contributed by atoms with Gasteiger partial charge in [0.25, 0.3) is 5.91 Å². The van der Waals surface area contributed by atoms with Crippen molar-refractivity contribution < 1.29 is 32.5 Å². The summed E-state index contributed by atoms with van der Waals surface area (Å²) in [5, 5.41) is 10.9. The number of amides is 1. The first-order valence-corrected chi connectivity index (χ1v) is 15.7. The molecule has 2 N–H and O–H groups in total. The van der Waals surface area contributed by atoms with E-state index in [1.165, 1.54) is 47.3 Å². The number of carbonyl (C=O) groups is 1. The molecule has 1 fully saturated rings. The van der Waals surface area contributed by atoms with E-state index in [4.69, 9.17) is 18.9 Å². The molecule has 0 saturated carbocycles. The zero-order valence-corrected chi connectivity index (χ0v) is 26.7. The number of benzene rings is 3. The number of pyridine rings is 1. The largest absolute Gasteiger partial charge is 0.493 e. The molecule has 5 aromatic rings. The number of ether oxygens (including phenoxy) is 4. The highest BCUT2D eigenvalue weighted by Gasteiger charge is 2.20. The number of anilines is 1. The Morgan fingerprint density at radius 2 is 1.75 bits per heavy atom. The molecule has 1 aliphatic heterocycles. The van der Waals surface area contributed by atoms with Crippen molar-refractivity contribution in [2.24, 2.45) is 0 Å². The summed E-state index contributed by atoms with van der Waals surface area (Å²) in [6.07, 6.45) is 3.98. The van der Waals surface area contributed by atoms with Crippen molar-refractivity contribution in [2.45, 2.75) is 13.3 Å². The third kappa shape index (κ3) is 7.64. The molecule has 250 valence electrons. The van der Waals surface area contributed by atoms with E-state index in [0.29, 0.717) is 40.4 Å². The van der Waals surface area contributed by atoms with Crippen molar-refractivity contribution in [3.8, 4) is 34.4 Å². The monoisotopic (exact) mass is 658 g/mol. The van der Waals surface area contributed by atoms with E-state index in [2.05, 4.69) is 25.6 Å². The van der Waals surface area contributed by atoms with Crippen LogP contribution in [0, 0.1) is 11.6 Å². The number of methoxy groups -OCH3 is 1. The van der Waals surface area contributed by atoms with E-state index in [-0.39, 0.29) is 29.5 Å². The molecule has 3 aromatic carbocycles. The van der Waals surface area contributed by atoms with Crippen LogP contribution >= 0.6 is 0 Å². The number of aromatic nitrogens is 3. The maximum atomic E-state index is 15.3. The number of rotatable bonds is 13.